The van der Waals surface area contributed by atoms with E-state index in [2.05, 4.69) is 0 Å². The minimum atomic E-state index is 0.208. The maximum atomic E-state index is 10.4. The molecule has 0 heterocycles. The molecule has 0 aliphatic rings. The number of hydrogen-bond donors (Lipinski definition) is 0. The van der Waals surface area contributed by atoms with Crippen molar-refractivity contribution in [3.8, 4) is 0 Å². The van der Waals surface area contributed by atoms with Crippen LogP contribution in [0.4, 0.5) is 4.79 Å². The molecule has 0 aromatic rings. The van der Waals surface area contributed by atoms with E-state index in [-0.39, 0.29) is 5.65 Å². The minimum absolute atomic E-state index is 0.208. The highest BCUT2D eigenvalue weighted by Gasteiger charge is 1.95. The molecule has 0 aliphatic carbocycles. The van der Waals surface area contributed by atoms with Crippen LogP contribution in [0.1, 0.15) is 0 Å². The molecule has 0 fully saturated rings. The van der Waals surface area contributed by atoms with Gasteiger partial charge in [0.1, 0.15) is 0 Å². The van der Waals surface area contributed by atoms with Crippen molar-refractivity contribution < 1.29 is 4.79 Å². The lowest BCUT2D eigenvalue weighted by molar-refractivity contribution is 0.241. The Bertz CT molecular complexity index is 72.1. The van der Waals surface area contributed by atoms with Crippen molar-refractivity contribution in [1.29, 1.82) is 0 Å². The largest absolute Gasteiger partial charge is 0.345 e. The molecule has 0 saturated carbocycles. The van der Waals surface area contributed by atoms with Crippen LogP contribution >= 0.6 is 8.58 Å². The van der Waals surface area contributed by atoms with Crippen LogP contribution in [0.2, 0.25) is 0 Å². The van der Waals surface area contributed by atoms with Gasteiger partial charge in [-0.05, 0) is 15.2 Å². The number of nitrogens with zero attached hydrogens (tertiary/aromatic N) is 1. The van der Waals surface area contributed by atoms with E-state index in [1.165, 1.54) is 0 Å². The summed E-state index contributed by atoms with van der Waals surface area (Å²) in [6, 6.07) is 0. The molecule has 0 rings (SSSR count). The predicted octanol–water partition coefficient (Wildman–Crippen LogP) is 0.976. The standard InChI is InChI=1S/C4H10NOP/c1-5(2)4(6)7-3/h7H,1-3H3. The van der Waals surface area contributed by atoms with E-state index in [0.29, 0.717) is 8.58 Å². The zero-order chi connectivity index (χ0) is 5.86. The summed E-state index contributed by atoms with van der Waals surface area (Å²) >= 11 is 0. The van der Waals surface area contributed by atoms with Crippen molar-refractivity contribution in [3.05, 3.63) is 0 Å². The van der Waals surface area contributed by atoms with Crippen LogP contribution in [-0.4, -0.2) is 31.3 Å². The summed E-state index contributed by atoms with van der Waals surface area (Å²) in [6.07, 6.45) is 0. The van der Waals surface area contributed by atoms with Crippen molar-refractivity contribution in [2.24, 2.45) is 0 Å². The van der Waals surface area contributed by atoms with Gasteiger partial charge in [0.25, 0.3) is 0 Å². The SMILES string of the molecule is CPC(=O)N(C)C. The highest BCUT2D eigenvalue weighted by atomic mass is 31.1. The third-order valence-corrected chi connectivity index (χ3v) is 1.49. The topological polar surface area (TPSA) is 20.3 Å². The lowest BCUT2D eigenvalue weighted by Crippen LogP contribution is -2.14. The molecular weight excluding hydrogens is 109 g/mol. The summed E-state index contributed by atoms with van der Waals surface area (Å²) in [7, 11) is 3.92. The molecule has 0 aliphatic heterocycles. The number of amides is 1. The van der Waals surface area contributed by atoms with Gasteiger partial charge in [0.15, 0.2) is 0 Å². The molecule has 7 heavy (non-hydrogen) atoms. The van der Waals surface area contributed by atoms with Gasteiger partial charge in [0.2, 0.25) is 5.65 Å². The van der Waals surface area contributed by atoms with Crippen molar-refractivity contribution in [3.63, 3.8) is 0 Å². The molecule has 2 nitrogen and oxygen atoms in total. The van der Waals surface area contributed by atoms with Crippen molar-refractivity contribution in [2.75, 3.05) is 20.8 Å². The van der Waals surface area contributed by atoms with Crippen LogP contribution in [0.15, 0.2) is 0 Å². The molecule has 0 aromatic carbocycles. The Balaban J connectivity index is 3.35. The van der Waals surface area contributed by atoms with Gasteiger partial charge in [-0.3, -0.25) is 4.79 Å². The monoisotopic (exact) mass is 119 g/mol. The Morgan fingerprint density at radius 1 is 1.57 bits per heavy atom. The maximum absolute atomic E-state index is 10.4. The van der Waals surface area contributed by atoms with Crippen molar-refractivity contribution in [2.45, 2.75) is 0 Å². The maximum Gasteiger partial charge on any atom is 0.239 e. The zero-order valence-corrected chi connectivity index (χ0v) is 5.86. The van der Waals surface area contributed by atoms with E-state index >= 15 is 0 Å². The molecule has 1 atom stereocenters. The van der Waals surface area contributed by atoms with Gasteiger partial charge in [0, 0.05) is 14.1 Å². The van der Waals surface area contributed by atoms with Crippen LogP contribution in [0, 0.1) is 0 Å². The molecule has 0 radical (unpaired) electrons. The van der Waals surface area contributed by atoms with E-state index in [4.69, 9.17) is 0 Å². The average Bonchev–Trinajstić information content (AvgIpc) is 1.65. The summed E-state index contributed by atoms with van der Waals surface area (Å²) in [4.78, 5) is 12.0. The van der Waals surface area contributed by atoms with E-state index in [9.17, 15) is 4.79 Å². The quantitative estimate of drug-likeness (QED) is 0.471. The molecule has 42 valence electrons. The average molecular weight is 119 g/mol. The lowest BCUT2D eigenvalue weighted by Gasteiger charge is -2.05. The second-order valence-electron chi connectivity index (χ2n) is 1.45. The Morgan fingerprint density at radius 2 is 2.00 bits per heavy atom. The molecule has 0 N–H and O–H groups in total. The van der Waals surface area contributed by atoms with Crippen molar-refractivity contribution >= 4 is 14.2 Å². The third-order valence-electron chi connectivity index (χ3n) is 0.620. The van der Waals surface area contributed by atoms with E-state index in [1.807, 2.05) is 6.66 Å². The second kappa shape index (κ2) is 2.98. The molecule has 0 bridgehead atoms. The minimum Gasteiger partial charge on any atom is -0.345 e. The Labute approximate surface area is 45.7 Å². The molecule has 3 heteroatoms. The first-order valence-electron chi connectivity index (χ1n) is 2.07. The molecule has 1 unspecified atom stereocenters. The fraction of sp³-hybridized carbons (Fsp3) is 0.750. The number of carbonyl (C=O) groups excluding carboxylic acids is 1. The van der Waals surface area contributed by atoms with Crippen LogP contribution in [0.5, 0.6) is 0 Å². The summed E-state index contributed by atoms with van der Waals surface area (Å²) in [6.45, 7) is 1.88. The summed E-state index contributed by atoms with van der Waals surface area (Å²) in [5, 5.41) is 0. The van der Waals surface area contributed by atoms with Gasteiger partial charge in [0.05, 0.1) is 0 Å². The van der Waals surface area contributed by atoms with E-state index < -0.39 is 0 Å². The normalized spacial score (nSPS) is 10.1. The number of hydrogen-bond acceptors (Lipinski definition) is 1. The second-order valence-corrected chi connectivity index (χ2v) is 2.38. The Kier molecular flexibility index (Phi) is 2.93. The first-order chi connectivity index (χ1) is 3.18. The first kappa shape index (κ1) is 6.90. The molecule has 0 aromatic heterocycles. The van der Waals surface area contributed by atoms with Crippen LogP contribution in [0.3, 0.4) is 0 Å². The van der Waals surface area contributed by atoms with Crippen LogP contribution in [-0.2, 0) is 0 Å². The van der Waals surface area contributed by atoms with E-state index in [1.54, 1.807) is 19.0 Å². The molecule has 0 saturated heterocycles. The van der Waals surface area contributed by atoms with Gasteiger partial charge >= 0.3 is 0 Å². The summed E-state index contributed by atoms with van der Waals surface area (Å²) in [5.41, 5.74) is 0.208. The highest BCUT2D eigenvalue weighted by Crippen LogP contribution is 2.05. The predicted molar refractivity (Wildman–Crippen MR) is 33.3 cm³/mol. The smallest absolute Gasteiger partial charge is 0.239 e. The fourth-order valence-corrected chi connectivity index (χ4v) is 0.671. The molecular formula is C4H10NOP. The highest BCUT2D eigenvalue weighted by molar-refractivity contribution is 7.56. The summed E-state index contributed by atoms with van der Waals surface area (Å²) in [5.74, 6) is 0. The Morgan fingerprint density at radius 3 is 2.00 bits per heavy atom. The third kappa shape index (κ3) is 2.58. The zero-order valence-electron chi connectivity index (χ0n) is 4.86. The van der Waals surface area contributed by atoms with E-state index in [0.717, 1.165) is 0 Å². The fourth-order valence-electron chi connectivity index (χ4n) is 0.224. The van der Waals surface area contributed by atoms with Crippen LogP contribution in [0.25, 0.3) is 0 Å². The van der Waals surface area contributed by atoms with Crippen LogP contribution < -0.4 is 0 Å². The van der Waals surface area contributed by atoms with Gasteiger partial charge in [-0.15, -0.1) is 0 Å². The lowest BCUT2D eigenvalue weighted by atomic mass is 11.0. The number of carbonyl (C=O) groups is 1. The van der Waals surface area contributed by atoms with Gasteiger partial charge in [-0.2, -0.15) is 0 Å². The van der Waals surface area contributed by atoms with Gasteiger partial charge < -0.3 is 4.90 Å². The first-order valence-corrected chi connectivity index (χ1v) is 3.57. The van der Waals surface area contributed by atoms with Gasteiger partial charge in [-0.1, -0.05) is 0 Å². The van der Waals surface area contributed by atoms with Crippen molar-refractivity contribution in [1.82, 2.24) is 4.90 Å². The summed E-state index contributed by atoms with van der Waals surface area (Å²) < 4.78 is 0. The van der Waals surface area contributed by atoms with Gasteiger partial charge in [-0.25, -0.2) is 0 Å². The molecule has 0 spiro atoms. The number of rotatable bonds is 1. The molecule has 1 amide bonds. The Hall–Kier alpha value is -0.100.